The van der Waals surface area contributed by atoms with Crippen molar-refractivity contribution in [3.63, 3.8) is 0 Å². The second-order valence-electron chi connectivity index (χ2n) is 5.89. The van der Waals surface area contributed by atoms with Gasteiger partial charge in [0.05, 0.1) is 12.5 Å². The van der Waals surface area contributed by atoms with Gasteiger partial charge in [-0.1, -0.05) is 12.1 Å². The molecule has 1 aliphatic heterocycles. The lowest BCUT2D eigenvalue weighted by Gasteiger charge is -2.13. The summed E-state index contributed by atoms with van der Waals surface area (Å²) in [7, 11) is -3.79. The number of sulfonamides is 1. The van der Waals surface area contributed by atoms with Gasteiger partial charge in [0.1, 0.15) is 10.6 Å². The second-order valence-corrected chi connectivity index (χ2v) is 7.57. The largest absolute Gasteiger partial charge is 0.356 e. The predicted molar refractivity (Wildman–Crippen MR) is 92.5 cm³/mol. The molecule has 0 unspecified atom stereocenters. The van der Waals surface area contributed by atoms with Gasteiger partial charge in [0.2, 0.25) is 0 Å². The van der Waals surface area contributed by atoms with Crippen molar-refractivity contribution in [3.8, 4) is 6.07 Å². The summed E-state index contributed by atoms with van der Waals surface area (Å²) in [6, 6.07) is 9.99. The number of benzene rings is 1. The van der Waals surface area contributed by atoms with E-state index in [0.717, 1.165) is 18.4 Å². The molecule has 2 heterocycles. The first-order chi connectivity index (χ1) is 12.0. The van der Waals surface area contributed by atoms with Crippen LogP contribution in [0.25, 0.3) is 0 Å². The fraction of sp³-hybridized carbons (Fsp3) is 0.294. The van der Waals surface area contributed by atoms with Crippen molar-refractivity contribution < 1.29 is 13.2 Å². The fourth-order valence-electron chi connectivity index (χ4n) is 2.74. The van der Waals surface area contributed by atoms with Crippen molar-refractivity contribution in [1.82, 2.24) is 9.88 Å². The average Bonchev–Trinajstić information content (AvgIpc) is 3.28. The van der Waals surface area contributed by atoms with Crippen LogP contribution >= 0.6 is 0 Å². The maximum atomic E-state index is 12.5. The Balaban J connectivity index is 1.74. The van der Waals surface area contributed by atoms with Crippen LogP contribution in [0.4, 0.5) is 5.69 Å². The van der Waals surface area contributed by atoms with Crippen molar-refractivity contribution in [1.29, 1.82) is 5.26 Å². The van der Waals surface area contributed by atoms with Crippen LogP contribution in [0.3, 0.4) is 0 Å². The molecular formula is C17H18N4O3S. The number of amides is 1. The molecule has 1 amide bonds. The van der Waals surface area contributed by atoms with Gasteiger partial charge in [0.25, 0.3) is 15.9 Å². The van der Waals surface area contributed by atoms with Crippen molar-refractivity contribution in [3.05, 3.63) is 47.8 Å². The number of aromatic nitrogens is 1. The highest BCUT2D eigenvalue weighted by atomic mass is 32.2. The molecule has 1 fully saturated rings. The summed E-state index contributed by atoms with van der Waals surface area (Å²) in [6.07, 6.45) is 3.53. The van der Waals surface area contributed by atoms with Gasteiger partial charge in [-0.25, -0.2) is 8.42 Å². The van der Waals surface area contributed by atoms with Crippen molar-refractivity contribution in [2.45, 2.75) is 24.2 Å². The van der Waals surface area contributed by atoms with Crippen LogP contribution < -0.4 is 4.72 Å². The van der Waals surface area contributed by atoms with Crippen LogP contribution in [0.1, 0.15) is 28.9 Å². The van der Waals surface area contributed by atoms with E-state index in [1.165, 1.54) is 12.3 Å². The van der Waals surface area contributed by atoms with E-state index in [4.69, 9.17) is 5.26 Å². The molecule has 0 atom stereocenters. The topological polar surface area (TPSA) is 106 Å². The molecule has 7 nitrogen and oxygen atoms in total. The zero-order chi connectivity index (χ0) is 17.9. The molecule has 0 aliphatic carbocycles. The number of nitriles is 1. The summed E-state index contributed by atoms with van der Waals surface area (Å²) < 4.78 is 27.4. The quantitative estimate of drug-likeness (QED) is 0.854. The van der Waals surface area contributed by atoms with Crippen LogP contribution in [0.2, 0.25) is 0 Å². The predicted octanol–water partition coefficient (Wildman–Crippen LogP) is 2.12. The molecule has 8 heteroatoms. The van der Waals surface area contributed by atoms with E-state index in [0.29, 0.717) is 18.8 Å². The minimum Gasteiger partial charge on any atom is -0.356 e. The van der Waals surface area contributed by atoms with Gasteiger partial charge in [0, 0.05) is 25.0 Å². The normalized spacial score (nSPS) is 14.3. The Morgan fingerprint density at radius 3 is 2.56 bits per heavy atom. The SMILES string of the molecule is N#CCc1ccc(NS(=O)(=O)c2c[nH]c(C(=O)N3CCCC3)c2)cc1. The van der Waals surface area contributed by atoms with Gasteiger partial charge in [-0.05, 0) is 36.6 Å². The third-order valence-corrected chi connectivity index (χ3v) is 5.44. The number of rotatable bonds is 5. The lowest BCUT2D eigenvalue weighted by Crippen LogP contribution is -2.27. The first-order valence-corrected chi connectivity index (χ1v) is 9.44. The molecule has 25 heavy (non-hydrogen) atoms. The monoisotopic (exact) mass is 358 g/mol. The zero-order valence-corrected chi connectivity index (χ0v) is 14.3. The van der Waals surface area contributed by atoms with Crippen LogP contribution in [-0.2, 0) is 16.4 Å². The number of hydrogen-bond donors (Lipinski definition) is 2. The van der Waals surface area contributed by atoms with E-state index in [1.807, 2.05) is 6.07 Å². The molecule has 1 aliphatic rings. The van der Waals surface area contributed by atoms with E-state index < -0.39 is 10.0 Å². The summed E-state index contributed by atoms with van der Waals surface area (Å²) in [6.45, 7) is 1.40. The van der Waals surface area contributed by atoms with E-state index in [1.54, 1.807) is 29.2 Å². The molecule has 0 bridgehead atoms. The zero-order valence-electron chi connectivity index (χ0n) is 13.5. The van der Waals surface area contributed by atoms with Gasteiger partial charge < -0.3 is 9.88 Å². The van der Waals surface area contributed by atoms with Gasteiger partial charge in [-0.3, -0.25) is 9.52 Å². The molecule has 0 radical (unpaired) electrons. The first kappa shape index (κ1) is 17.0. The number of nitrogens with zero attached hydrogens (tertiary/aromatic N) is 2. The van der Waals surface area contributed by atoms with Gasteiger partial charge >= 0.3 is 0 Å². The van der Waals surface area contributed by atoms with Crippen LogP contribution in [0.5, 0.6) is 0 Å². The number of H-pyrrole nitrogens is 1. The van der Waals surface area contributed by atoms with Crippen LogP contribution in [-0.4, -0.2) is 37.3 Å². The van der Waals surface area contributed by atoms with Crippen LogP contribution in [0.15, 0.2) is 41.4 Å². The highest BCUT2D eigenvalue weighted by Gasteiger charge is 2.23. The number of likely N-dealkylation sites (tertiary alicyclic amines) is 1. The van der Waals surface area contributed by atoms with E-state index in [-0.39, 0.29) is 22.9 Å². The molecule has 2 N–H and O–H groups in total. The lowest BCUT2D eigenvalue weighted by atomic mass is 10.1. The van der Waals surface area contributed by atoms with E-state index in [9.17, 15) is 13.2 Å². The molecule has 1 saturated heterocycles. The molecule has 0 saturated carbocycles. The highest BCUT2D eigenvalue weighted by molar-refractivity contribution is 7.92. The lowest BCUT2D eigenvalue weighted by molar-refractivity contribution is 0.0787. The number of carbonyl (C=O) groups is 1. The Morgan fingerprint density at radius 2 is 1.92 bits per heavy atom. The summed E-state index contributed by atoms with van der Waals surface area (Å²) >= 11 is 0. The summed E-state index contributed by atoms with van der Waals surface area (Å²) in [5.74, 6) is -0.181. The summed E-state index contributed by atoms with van der Waals surface area (Å²) in [5.41, 5.74) is 1.48. The molecule has 2 aromatic rings. The number of aromatic amines is 1. The first-order valence-electron chi connectivity index (χ1n) is 7.96. The Kier molecular flexibility index (Phi) is 4.76. The fourth-order valence-corrected chi connectivity index (χ4v) is 3.79. The van der Waals surface area contributed by atoms with Gasteiger partial charge in [0.15, 0.2) is 0 Å². The highest BCUT2D eigenvalue weighted by Crippen LogP contribution is 2.19. The third-order valence-electron chi connectivity index (χ3n) is 4.08. The van der Waals surface area contributed by atoms with Crippen molar-refractivity contribution in [2.24, 2.45) is 0 Å². The Morgan fingerprint density at radius 1 is 1.24 bits per heavy atom. The molecule has 3 rings (SSSR count). The standard InChI is InChI=1S/C17H18N4O3S/c18-8-7-13-3-5-14(6-4-13)20-25(23,24)15-11-16(19-12-15)17(22)21-9-1-2-10-21/h3-6,11-12,19-20H,1-2,7,9-10H2. The average molecular weight is 358 g/mol. The Bertz CT molecular complexity index is 904. The van der Waals surface area contributed by atoms with E-state index in [2.05, 4.69) is 9.71 Å². The van der Waals surface area contributed by atoms with Gasteiger partial charge in [-0.2, -0.15) is 5.26 Å². The molecule has 0 spiro atoms. The number of nitrogens with one attached hydrogen (secondary N) is 2. The number of hydrogen-bond acceptors (Lipinski definition) is 4. The third kappa shape index (κ3) is 3.83. The Hall–Kier alpha value is -2.79. The van der Waals surface area contributed by atoms with Crippen molar-refractivity contribution in [2.75, 3.05) is 17.8 Å². The van der Waals surface area contributed by atoms with Crippen LogP contribution in [0, 0.1) is 11.3 Å². The molecular weight excluding hydrogens is 340 g/mol. The maximum Gasteiger partial charge on any atom is 0.270 e. The number of carbonyl (C=O) groups excluding carboxylic acids is 1. The molecule has 130 valence electrons. The molecule has 1 aromatic heterocycles. The van der Waals surface area contributed by atoms with Gasteiger partial charge in [-0.15, -0.1) is 0 Å². The minimum absolute atomic E-state index is 0.0103. The smallest absolute Gasteiger partial charge is 0.270 e. The van der Waals surface area contributed by atoms with E-state index >= 15 is 0 Å². The maximum absolute atomic E-state index is 12.5. The Labute approximate surface area is 146 Å². The summed E-state index contributed by atoms with van der Waals surface area (Å²) in [4.78, 5) is 16.8. The molecule has 1 aromatic carbocycles. The minimum atomic E-state index is -3.79. The van der Waals surface area contributed by atoms with Crippen molar-refractivity contribution >= 4 is 21.6 Å². The summed E-state index contributed by atoms with van der Waals surface area (Å²) in [5, 5.41) is 8.65. The number of anilines is 1. The second kappa shape index (κ2) is 6.99.